The van der Waals surface area contributed by atoms with Crippen LogP contribution in [0.15, 0.2) is 0 Å². The van der Waals surface area contributed by atoms with Gasteiger partial charge in [0, 0.05) is 6.42 Å². The van der Waals surface area contributed by atoms with Crippen LogP contribution in [0.25, 0.3) is 0 Å². The third-order valence-corrected chi connectivity index (χ3v) is 3.27. The van der Waals surface area contributed by atoms with Gasteiger partial charge in [-0.15, -0.1) is 0 Å². The summed E-state index contributed by atoms with van der Waals surface area (Å²) >= 11 is 0.850. The van der Waals surface area contributed by atoms with Gasteiger partial charge in [-0.25, -0.2) is 4.98 Å². The van der Waals surface area contributed by atoms with E-state index in [1.165, 1.54) is 0 Å². The van der Waals surface area contributed by atoms with Gasteiger partial charge in [-0.05, 0) is 0 Å². The van der Waals surface area contributed by atoms with Crippen molar-refractivity contribution in [3.63, 3.8) is 0 Å². The van der Waals surface area contributed by atoms with E-state index in [1.54, 1.807) is 0 Å². The SMILES string of the molecule is Nc1nc(CCS(=O)(=O)OC=O)c(O)s1.[H-].[Na+]. The summed E-state index contributed by atoms with van der Waals surface area (Å²) in [7, 11) is -3.89. The maximum absolute atomic E-state index is 10.9. The number of carbonyl (C=O) groups excluding carboxylic acids is 1. The second kappa shape index (κ2) is 6.40. The van der Waals surface area contributed by atoms with E-state index >= 15 is 0 Å². The maximum Gasteiger partial charge on any atom is 1.00 e. The second-order valence-electron chi connectivity index (χ2n) is 2.51. The van der Waals surface area contributed by atoms with Crippen LogP contribution in [0.5, 0.6) is 5.06 Å². The Hall–Kier alpha value is -0.350. The van der Waals surface area contributed by atoms with E-state index in [4.69, 9.17) is 5.73 Å². The van der Waals surface area contributed by atoms with Crippen LogP contribution in [0, 0.1) is 0 Å². The molecule has 0 atom stereocenters. The van der Waals surface area contributed by atoms with Crippen LogP contribution in [-0.2, 0) is 25.5 Å². The molecule has 7 nitrogen and oxygen atoms in total. The number of hydrogen-bond acceptors (Lipinski definition) is 8. The van der Waals surface area contributed by atoms with E-state index in [0.717, 1.165) is 11.3 Å². The monoisotopic (exact) mass is 276 g/mol. The number of aromatic hydroxyl groups is 1. The minimum atomic E-state index is -3.89. The summed E-state index contributed by atoms with van der Waals surface area (Å²) < 4.78 is 25.7. The van der Waals surface area contributed by atoms with Gasteiger partial charge in [-0.2, -0.15) is 8.42 Å². The van der Waals surface area contributed by atoms with Crippen LogP contribution in [-0.4, -0.2) is 30.7 Å². The molecular weight excluding hydrogens is 267 g/mol. The first kappa shape index (κ1) is 15.7. The number of hydrogen-bond donors (Lipinski definition) is 2. The Kier molecular flexibility index (Phi) is 6.26. The molecule has 0 saturated heterocycles. The predicted octanol–water partition coefficient (Wildman–Crippen LogP) is -3.41. The Morgan fingerprint density at radius 2 is 2.25 bits per heavy atom. The van der Waals surface area contributed by atoms with Crippen molar-refractivity contribution < 1.29 is 53.5 Å². The molecule has 0 unspecified atom stereocenters. The van der Waals surface area contributed by atoms with Crippen LogP contribution in [0.4, 0.5) is 5.13 Å². The number of nitrogens with zero attached hydrogens (tertiary/aromatic N) is 1. The van der Waals surface area contributed by atoms with Gasteiger partial charge in [0.1, 0.15) is 0 Å². The molecule has 1 aromatic heterocycles. The van der Waals surface area contributed by atoms with Gasteiger partial charge in [-0.3, -0.25) is 4.79 Å². The molecule has 1 heterocycles. The first-order valence-electron chi connectivity index (χ1n) is 3.73. The first-order chi connectivity index (χ1) is 6.94. The largest absolute Gasteiger partial charge is 1.00 e. The summed E-state index contributed by atoms with van der Waals surface area (Å²) in [5.74, 6) is -0.442. The number of carbonyl (C=O) groups is 1. The van der Waals surface area contributed by atoms with E-state index < -0.39 is 15.9 Å². The minimum Gasteiger partial charge on any atom is -1.00 e. The van der Waals surface area contributed by atoms with Gasteiger partial charge >= 0.3 is 46.1 Å². The Bertz CT molecular complexity index is 463. The molecule has 0 radical (unpaired) electrons. The fraction of sp³-hybridized carbons (Fsp3) is 0.333. The molecule has 3 N–H and O–H groups in total. The Morgan fingerprint density at radius 3 is 2.69 bits per heavy atom. The normalized spacial score (nSPS) is 10.5. The van der Waals surface area contributed by atoms with Crippen LogP contribution in [0.3, 0.4) is 0 Å². The summed E-state index contributed by atoms with van der Waals surface area (Å²) in [5.41, 5.74) is 5.46. The molecule has 0 aromatic carbocycles. The summed E-state index contributed by atoms with van der Waals surface area (Å²) in [5, 5.41) is 9.25. The smallest absolute Gasteiger partial charge is 1.00 e. The number of nitrogens with two attached hydrogens (primary N) is 1. The summed E-state index contributed by atoms with van der Waals surface area (Å²) in [6, 6.07) is 0. The number of thiazole rings is 1. The van der Waals surface area contributed by atoms with Crippen LogP contribution in [0.1, 0.15) is 7.12 Å². The third-order valence-electron chi connectivity index (χ3n) is 1.47. The summed E-state index contributed by atoms with van der Waals surface area (Å²) in [4.78, 5) is 13.5. The molecule has 0 saturated carbocycles. The Balaban J connectivity index is 0. The van der Waals surface area contributed by atoms with Gasteiger partial charge in [0.2, 0.25) is 0 Å². The molecule has 0 bridgehead atoms. The van der Waals surface area contributed by atoms with Crippen LogP contribution in [0.2, 0.25) is 0 Å². The van der Waals surface area contributed by atoms with E-state index in [-0.39, 0.29) is 59.8 Å². The fourth-order valence-corrected chi connectivity index (χ4v) is 2.13. The van der Waals surface area contributed by atoms with E-state index in [0.29, 0.717) is 0 Å². The van der Waals surface area contributed by atoms with Crippen LogP contribution >= 0.6 is 11.3 Å². The average Bonchev–Trinajstić information content (AvgIpc) is 2.42. The molecule has 0 amide bonds. The minimum absolute atomic E-state index is 0. The Labute approximate surface area is 120 Å². The van der Waals surface area contributed by atoms with Crippen LogP contribution < -0.4 is 35.3 Å². The first-order valence-corrected chi connectivity index (χ1v) is 6.13. The Morgan fingerprint density at radius 1 is 1.62 bits per heavy atom. The predicted molar refractivity (Wildman–Crippen MR) is 53.9 cm³/mol. The molecule has 86 valence electrons. The van der Waals surface area contributed by atoms with Crippen molar-refractivity contribution in [2.45, 2.75) is 6.42 Å². The molecule has 0 aliphatic rings. The van der Waals surface area contributed by atoms with Crippen molar-refractivity contribution in [1.82, 2.24) is 4.98 Å². The van der Waals surface area contributed by atoms with Crippen molar-refractivity contribution in [1.29, 1.82) is 0 Å². The quantitative estimate of drug-likeness (QED) is 0.326. The van der Waals surface area contributed by atoms with Crippen molar-refractivity contribution in [3.05, 3.63) is 5.69 Å². The standard InChI is InChI=1S/C6H8N2O5S2.Na.H/c7-6-8-4(5(10)14-6)1-2-15(11,12)13-3-9;;/h3,10H,1-2H2,(H2,7,8);;/q;+1;-1. The molecule has 0 fully saturated rings. The number of aryl methyl sites for hydroxylation is 1. The van der Waals surface area contributed by atoms with E-state index in [1.807, 2.05) is 0 Å². The van der Waals surface area contributed by atoms with Gasteiger partial charge in [0.25, 0.3) is 0 Å². The van der Waals surface area contributed by atoms with Gasteiger partial charge in [0.15, 0.2) is 10.2 Å². The van der Waals surface area contributed by atoms with Crippen molar-refractivity contribution in [2.24, 2.45) is 0 Å². The zero-order valence-electron chi connectivity index (χ0n) is 9.41. The molecule has 16 heavy (non-hydrogen) atoms. The zero-order valence-corrected chi connectivity index (χ0v) is 12.0. The number of nitrogen functional groups attached to an aromatic ring is 1. The number of rotatable bonds is 5. The summed E-state index contributed by atoms with van der Waals surface area (Å²) in [6.07, 6.45) is -0.0598. The van der Waals surface area contributed by atoms with Gasteiger partial charge in [-0.1, -0.05) is 11.3 Å². The fourth-order valence-electron chi connectivity index (χ4n) is 0.854. The number of anilines is 1. The average molecular weight is 276 g/mol. The molecule has 1 aromatic rings. The number of aromatic nitrogens is 1. The second-order valence-corrected chi connectivity index (χ2v) is 5.23. The molecule has 10 heteroatoms. The maximum atomic E-state index is 10.9. The van der Waals surface area contributed by atoms with Gasteiger partial charge in [0.05, 0.1) is 11.4 Å². The molecule has 0 spiro atoms. The van der Waals surface area contributed by atoms with Gasteiger partial charge < -0.3 is 16.4 Å². The molecule has 0 aliphatic carbocycles. The molecular formula is C6H9N2NaO5S2. The van der Waals surface area contributed by atoms with Crippen molar-refractivity contribution in [3.8, 4) is 5.06 Å². The van der Waals surface area contributed by atoms with E-state index in [2.05, 4.69) is 9.17 Å². The molecule has 0 aliphatic heterocycles. The molecule has 1 rings (SSSR count). The summed E-state index contributed by atoms with van der Waals surface area (Å²) in [6.45, 7) is -0.162. The van der Waals surface area contributed by atoms with E-state index in [9.17, 15) is 18.3 Å². The van der Waals surface area contributed by atoms with Crippen molar-refractivity contribution >= 4 is 33.1 Å². The topological polar surface area (TPSA) is 120 Å². The van der Waals surface area contributed by atoms with Crippen molar-refractivity contribution in [2.75, 3.05) is 11.5 Å². The third kappa shape index (κ3) is 4.66. The zero-order chi connectivity index (χ0) is 11.5.